The maximum atomic E-state index is 11.8. The highest BCUT2D eigenvalue weighted by Crippen LogP contribution is 2.40. The normalized spacial score (nSPS) is 11.1. The summed E-state index contributed by atoms with van der Waals surface area (Å²) in [7, 11) is 0. The van der Waals surface area contributed by atoms with Crippen LogP contribution >= 0.6 is 23.2 Å². The Hall–Kier alpha value is -3.87. The maximum absolute atomic E-state index is 11.8. The summed E-state index contributed by atoms with van der Waals surface area (Å²) in [6.45, 7) is 3.92. The highest BCUT2D eigenvalue weighted by atomic mass is 35.5. The zero-order chi connectivity index (χ0) is 24.1. The quantitative estimate of drug-likeness (QED) is 0.225. The number of carbonyl (C=O) groups is 2. The van der Waals surface area contributed by atoms with Gasteiger partial charge in [0.15, 0.2) is 5.75 Å². The zero-order valence-electron chi connectivity index (χ0n) is 17.5. The number of ether oxygens (including phenoxy) is 2. The van der Waals surface area contributed by atoms with Crippen molar-refractivity contribution >= 4 is 57.6 Å². The summed E-state index contributed by atoms with van der Waals surface area (Å²) >= 11 is 12.8. The molecule has 1 amide bonds. The van der Waals surface area contributed by atoms with E-state index in [9.17, 15) is 14.9 Å². The lowest BCUT2D eigenvalue weighted by molar-refractivity contribution is -0.129. The minimum absolute atomic E-state index is 0.173. The minimum atomic E-state index is -1.35. The number of fused-ring (bicyclic) bond motifs is 1. The SMILES string of the molecule is CCN(N=C(C#N)C(=O)OC(N)=O)c1cc(Cl)c(Oc2ccc3nccc(C)c3c2)c(Cl)c1. The molecule has 0 spiro atoms. The number of anilines is 1. The molecular weight excluding hydrogens is 469 g/mol. The average Bonchev–Trinajstić information content (AvgIpc) is 2.77. The van der Waals surface area contributed by atoms with Gasteiger partial charge in [-0.25, -0.2) is 9.59 Å². The molecule has 33 heavy (non-hydrogen) atoms. The number of nitrogens with two attached hydrogens (primary N) is 1. The van der Waals surface area contributed by atoms with Crippen molar-refractivity contribution in [1.29, 1.82) is 5.26 Å². The lowest BCUT2D eigenvalue weighted by Crippen LogP contribution is -2.27. The van der Waals surface area contributed by atoms with Crippen molar-refractivity contribution < 1.29 is 19.1 Å². The van der Waals surface area contributed by atoms with Crippen molar-refractivity contribution in [3.05, 3.63) is 58.2 Å². The van der Waals surface area contributed by atoms with Gasteiger partial charge in [0, 0.05) is 18.1 Å². The summed E-state index contributed by atoms with van der Waals surface area (Å²) in [5, 5.41) is 15.7. The molecule has 3 aromatic rings. The van der Waals surface area contributed by atoms with Gasteiger partial charge in [0.25, 0.3) is 0 Å². The number of nitriles is 1. The molecule has 0 atom stereocenters. The van der Waals surface area contributed by atoms with Gasteiger partial charge in [0.1, 0.15) is 11.8 Å². The number of rotatable bonds is 6. The van der Waals surface area contributed by atoms with E-state index in [1.54, 1.807) is 25.3 Å². The first-order chi connectivity index (χ1) is 15.7. The lowest BCUT2D eigenvalue weighted by atomic mass is 10.1. The van der Waals surface area contributed by atoms with E-state index in [1.807, 2.05) is 25.1 Å². The standard InChI is InChI=1S/C22H17Cl2N5O4/c1-3-29(28-19(11-25)21(30)33-22(26)31)13-8-16(23)20(17(24)9-13)32-14-4-5-18-15(10-14)12(2)6-7-27-18/h4-10H,3H2,1-2H3,(H2,26,31). The highest BCUT2D eigenvalue weighted by Gasteiger charge is 2.19. The van der Waals surface area contributed by atoms with Gasteiger partial charge in [0.2, 0.25) is 5.71 Å². The van der Waals surface area contributed by atoms with Crippen LogP contribution in [0.3, 0.4) is 0 Å². The second kappa shape index (κ2) is 10.2. The third-order valence-electron chi connectivity index (χ3n) is 4.44. The van der Waals surface area contributed by atoms with Crippen LogP contribution in [0.5, 0.6) is 11.5 Å². The topological polar surface area (TPSA) is 131 Å². The summed E-state index contributed by atoms with van der Waals surface area (Å²) in [5.74, 6) is -0.542. The number of aromatic nitrogens is 1. The summed E-state index contributed by atoms with van der Waals surface area (Å²) in [5.41, 5.74) is 6.37. The van der Waals surface area contributed by atoms with E-state index in [0.717, 1.165) is 16.5 Å². The Morgan fingerprint density at radius 1 is 1.21 bits per heavy atom. The minimum Gasteiger partial charge on any atom is -0.454 e. The van der Waals surface area contributed by atoms with Crippen LogP contribution in [-0.4, -0.2) is 29.3 Å². The monoisotopic (exact) mass is 485 g/mol. The summed E-state index contributed by atoms with van der Waals surface area (Å²) in [6.07, 6.45) is 0.385. The fourth-order valence-electron chi connectivity index (χ4n) is 2.92. The molecule has 0 unspecified atom stereocenters. The number of nitrogens with zero attached hydrogens (tertiary/aromatic N) is 4. The van der Waals surface area contributed by atoms with E-state index in [4.69, 9.17) is 33.7 Å². The number of halogens is 2. The van der Waals surface area contributed by atoms with Gasteiger partial charge in [-0.15, -0.1) is 0 Å². The average molecular weight is 486 g/mol. The molecule has 1 aromatic heterocycles. The Kier molecular flexibility index (Phi) is 7.33. The van der Waals surface area contributed by atoms with Gasteiger partial charge in [-0.3, -0.25) is 9.99 Å². The van der Waals surface area contributed by atoms with Crippen LogP contribution in [0.4, 0.5) is 10.5 Å². The molecule has 0 saturated carbocycles. The number of aryl methyl sites for hydroxylation is 1. The van der Waals surface area contributed by atoms with Gasteiger partial charge < -0.3 is 15.2 Å². The number of hydrogen-bond acceptors (Lipinski definition) is 8. The van der Waals surface area contributed by atoms with Crippen LogP contribution < -0.4 is 15.5 Å². The first kappa shape index (κ1) is 23.8. The van der Waals surface area contributed by atoms with Crippen LogP contribution in [0.2, 0.25) is 10.0 Å². The molecule has 0 fully saturated rings. The van der Waals surface area contributed by atoms with Crippen LogP contribution in [0.15, 0.2) is 47.7 Å². The number of esters is 1. The number of primary amides is 1. The Labute approximate surface area is 198 Å². The van der Waals surface area contributed by atoms with Crippen LogP contribution in [-0.2, 0) is 9.53 Å². The van der Waals surface area contributed by atoms with E-state index < -0.39 is 17.8 Å². The van der Waals surface area contributed by atoms with Crippen LogP contribution in [0.1, 0.15) is 12.5 Å². The molecule has 0 saturated heterocycles. The van der Waals surface area contributed by atoms with Crippen molar-refractivity contribution in [2.75, 3.05) is 11.6 Å². The molecule has 168 valence electrons. The second-order valence-corrected chi connectivity index (χ2v) is 7.45. The Morgan fingerprint density at radius 3 is 2.52 bits per heavy atom. The molecule has 0 aliphatic carbocycles. The third-order valence-corrected chi connectivity index (χ3v) is 5.01. The Balaban J connectivity index is 1.92. The van der Waals surface area contributed by atoms with Crippen molar-refractivity contribution in [1.82, 2.24) is 4.98 Å². The molecule has 9 nitrogen and oxygen atoms in total. The molecule has 3 rings (SSSR count). The molecule has 2 N–H and O–H groups in total. The summed E-state index contributed by atoms with van der Waals surface area (Å²) < 4.78 is 10.1. The zero-order valence-corrected chi connectivity index (χ0v) is 19.0. The first-order valence-corrected chi connectivity index (χ1v) is 10.3. The van der Waals surface area contributed by atoms with Crippen molar-refractivity contribution in [2.24, 2.45) is 10.8 Å². The molecule has 0 aliphatic heterocycles. The van der Waals surface area contributed by atoms with Gasteiger partial charge in [-0.2, -0.15) is 10.4 Å². The molecule has 11 heteroatoms. The van der Waals surface area contributed by atoms with Crippen molar-refractivity contribution in [3.8, 4) is 17.6 Å². The highest BCUT2D eigenvalue weighted by molar-refractivity contribution is 6.44. The van der Waals surface area contributed by atoms with E-state index in [1.165, 1.54) is 17.1 Å². The third kappa shape index (κ3) is 5.49. The van der Waals surface area contributed by atoms with E-state index in [-0.39, 0.29) is 22.3 Å². The van der Waals surface area contributed by atoms with Crippen LogP contribution in [0.25, 0.3) is 10.9 Å². The first-order valence-electron chi connectivity index (χ1n) is 9.53. The lowest BCUT2D eigenvalue weighted by Gasteiger charge is -2.19. The second-order valence-electron chi connectivity index (χ2n) is 6.63. The Bertz CT molecular complexity index is 1300. The number of amides is 1. The predicted molar refractivity (Wildman–Crippen MR) is 125 cm³/mol. The summed E-state index contributed by atoms with van der Waals surface area (Å²) in [6, 6.07) is 11.9. The summed E-state index contributed by atoms with van der Waals surface area (Å²) in [4.78, 5) is 26.9. The van der Waals surface area contributed by atoms with Gasteiger partial charge >= 0.3 is 12.1 Å². The Morgan fingerprint density at radius 2 is 1.91 bits per heavy atom. The maximum Gasteiger partial charge on any atom is 0.412 e. The molecule has 0 radical (unpaired) electrons. The number of benzene rings is 2. The van der Waals surface area contributed by atoms with E-state index >= 15 is 0 Å². The number of hydrazone groups is 1. The molecule has 0 bridgehead atoms. The largest absolute Gasteiger partial charge is 0.454 e. The van der Waals surface area contributed by atoms with Gasteiger partial charge in [-0.05, 0) is 55.8 Å². The molecule has 0 aliphatic rings. The number of hydrogen-bond donors (Lipinski definition) is 1. The van der Waals surface area contributed by atoms with Gasteiger partial charge in [-0.1, -0.05) is 23.2 Å². The number of pyridine rings is 1. The predicted octanol–water partition coefficient (Wildman–Crippen LogP) is 4.97. The molecule has 1 heterocycles. The van der Waals surface area contributed by atoms with Crippen molar-refractivity contribution in [2.45, 2.75) is 13.8 Å². The fourth-order valence-corrected chi connectivity index (χ4v) is 3.47. The number of carbonyl (C=O) groups excluding carboxylic acids is 2. The molecular formula is C22H17Cl2N5O4. The molecule has 2 aromatic carbocycles. The smallest absolute Gasteiger partial charge is 0.412 e. The van der Waals surface area contributed by atoms with Crippen molar-refractivity contribution in [3.63, 3.8) is 0 Å². The van der Waals surface area contributed by atoms with E-state index in [0.29, 0.717) is 11.4 Å². The van der Waals surface area contributed by atoms with E-state index in [2.05, 4.69) is 14.8 Å². The van der Waals surface area contributed by atoms with Crippen LogP contribution in [0, 0.1) is 18.3 Å². The fraction of sp³-hybridized carbons (Fsp3) is 0.136. The van der Waals surface area contributed by atoms with Gasteiger partial charge in [0.05, 0.1) is 21.2 Å².